The van der Waals surface area contributed by atoms with Gasteiger partial charge in [-0.2, -0.15) is 0 Å². The Labute approximate surface area is 127 Å². The van der Waals surface area contributed by atoms with Gasteiger partial charge < -0.3 is 14.9 Å². The van der Waals surface area contributed by atoms with Crippen molar-refractivity contribution in [3.8, 4) is 0 Å². The van der Waals surface area contributed by atoms with Gasteiger partial charge in [-0.3, -0.25) is 4.57 Å². The van der Waals surface area contributed by atoms with Crippen LogP contribution in [0.4, 0.5) is 5.82 Å². The van der Waals surface area contributed by atoms with E-state index in [0.29, 0.717) is 17.8 Å². The number of imidazole rings is 1. The van der Waals surface area contributed by atoms with Crippen molar-refractivity contribution in [2.75, 3.05) is 6.61 Å². The van der Waals surface area contributed by atoms with Crippen LogP contribution in [0, 0.1) is 10.1 Å². The molecule has 0 radical (unpaired) electrons. The van der Waals surface area contributed by atoms with Crippen molar-refractivity contribution in [3.63, 3.8) is 0 Å². The molecule has 0 aliphatic heterocycles. The number of ether oxygens (including phenoxy) is 1. The van der Waals surface area contributed by atoms with E-state index in [1.807, 2.05) is 13.0 Å². The van der Waals surface area contributed by atoms with E-state index >= 15 is 0 Å². The minimum atomic E-state index is -0.780. The maximum Gasteiger partial charge on any atom is 0.381 e. The van der Waals surface area contributed by atoms with E-state index in [1.165, 1.54) is 10.8 Å². The van der Waals surface area contributed by atoms with Crippen LogP contribution in [0.15, 0.2) is 36.5 Å². The van der Waals surface area contributed by atoms with Crippen LogP contribution in [0.25, 0.3) is 0 Å². The molecule has 2 aromatic rings. The quantitative estimate of drug-likeness (QED) is 0.465. The number of carbonyl (C=O) groups excluding carboxylic acids is 1. The summed E-state index contributed by atoms with van der Waals surface area (Å²) < 4.78 is 6.64. The molecule has 1 aromatic carbocycles. The number of rotatable bonds is 6. The fourth-order valence-electron chi connectivity index (χ4n) is 2.26. The number of nitro groups is 1. The number of esters is 1. The molecule has 0 N–H and O–H groups in total. The third-order valence-electron chi connectivity index (χ3n) is 3.20. The van der Waals surface area contributed by atoms with Crippen molar-refractivity contribution in [1.82, 2.24) is 9.55 Å². The molecule has 0 aliphatic rings. The average Bonchev–Trinajstić information content (AvgIpc) is 2.93. The lowest BCUT2D eigenvalue weighted by atomic mass is 10.1. The summed E-state index contributed by atoms with van der Waals surface area (Å²) in [5, 5.41) is 11.0. The van der Waals surface area contributed by atoms with Crippen LogP contribution in [-0.2, 0) is 16.0 Å². The molecule has 0 spiro atoms. The zero-order chi connectivity index (χ0) is 16.1. The fraction of sp³-hybridized carbons (Fsp3) is 0.333. The highest BCUT2D eigenvalue weighted by Crippen LogP contribution is 2.25. The number of carbonyl (C=O) groups is 1. The first-order valence-corrected chi connectivity index (χ1v) is 7.02. The summed E-state index contributed by atoms with van der Waals surface area (Å²) in [6.07, 6.45) is 1.75. The molecule has 1 aromatic heterocycles. The van der Waals surface area contributed by atoms with Crippen molar-refractivity contribution in [2.45, 2.75) is 26.3 Å². The Hall–Kier alpha value is -2.70. The molecule has 0 amide bonds. The lowest BCUT2D eigenvalue weighted by Gasteiger charge is -2.17. The van der Waals surface area contributed by atoms with E-state index in [0.717, 1.165) is 0 Å². The van der Waals surface area contributed by atoms with E-state index in [2.05, 4.69) is 4.98 Å². The largest absolute Gasteiger partial charge is 0.464 e. The summed E-state index contributed by atoms with van der Waals surface area (Å²) in [6, 6.07) is 8.23. The summed E-state index contributed by atoms with van der Waals surface area (Å²) in [6.45, 7) is 3.78. The van der Waals surface area contributed by atoms with Gasteiger partial charge >= 0.3 is 11.8 Å². The standard InChI is InChI=1S/C15H17N3O4/c1-3-12-16-13(18(20)21)10-17(12)14(15(19)22-4-2)11-8-6-5-7-9-11/h5-10,14H,3-4H2,1-2H3. The lowest BCUT2D eigenvalue weighted by molar-refractivity contribution is -0.389. The molecule has 1 atom stereocenters. The first-order valence-electron chi connectivity index (χ1n) is 7.02. The normalized spacial score (nSPS) is 11.9. The molecule has 7 heteroatoms. The molecule has 0 saturated carbocycles. The summed E-state index contributed by atoms with van der Waals surface area (Å²) in [4.78, 5) is 26.7. The Morgan fingerprint density at radius 2 is 2.05 bits per heavy atom. The highest BCUT2D eigenvalue weighted by atomic mass is 16.6. The molecule has 7 nitrogen and oxygen atoms in total. The zero-order valence-corrected chi connectivity index (χ0v) is 12.4. The van der Waals surface area contributed by atoms with E-state index in [-0.39, 0.29) is 12.4 Å². The molecule has 0 fully saturated rings. The minimum Gasteiger partial charge on any atom is -0.464 e. The molecule has 0 saturated heterocycles. The highest BCUT2D eigenvalue weighted by molar-refractivity contribution is 5.78. The van der Waals surface area contributed by atoms with E-state index < -0.39 is 16.9 Å². The van der Waals surface area contributed by atoms with Crippen molar-refractivity contribution in [1.29, 1.82) is 0 Å². The van der Waals surface area contributed by atoms with Gasteiger partial charge in [-0.1, -0.05) is 37.3 Å². The second-order valence-corrected chi connectivity index (χ2v) is 4.60. The molecule has 2 rings (SSSR count). The highest BCUT2D eigenvalue weighted by Gasteiger charge is 2.30. The van der Waals surface area contributed by atoms with Gasteiger partial charge in [-0.05, 0) is 22.4 Å². The van der Waals surface area contributed by atoms with Gasteiger partial charge in [0.15, 0.2) is 6.04 Å². The van der Waals surface area contributed by atoms with Gasteiger partial charge in [-0.25, -0.2) is 4.79 Å². The Bertz CT molecular complexity index is 667. The third-order valence-corrected chi connectivity index (χ3v) is 3.20. The Morgan fingerprint density at radius 3 is 2.59 bits per heavy atom. The fourth-order valence-corrected chi connectivity index (χ4v) is 2.26. The average molecular weight is 303 g/mol. The topological polar surface area (TPSA) is 87.3 Å². The van der Waals surface area contributed by atoms with E-state index in [9.17, 15) is 14.9 Å². The monoisotopic (exact) mass is 303 g/mol. The summed E-state index contributed by atoms with van der Waals surface area (Å²) >= 11 is 0. The molecule has 0 bridgehead atoms. The summed E-state index contributed by atoms with van der Waals surface area (Å²) in [5.74, 6) is -0.272. The predicted octanol–water partition coefficient (Wildman–Crippen LogP) is 2.51. The van der Waals surface area contributed by atoms with Crippen molar-refractivity contribution >= 4 is 11.8 Å². The number of aromatic nitrogens is 2. The van der Waals surface area contributed by atoms with Gasteiger partial charge in [0.25, 0.3) is 0 Å². The molecule has 1 unspecified atom stereocenters. The summed E-state index contributed by atoms with van der Waals surface area (Å²) in [5.41, 5.74) is 0.697. The van der Waals surface area contributed by atoms with E-state index in [1.54, 1.807) is 31.2 Å². The van der Waals surface area contributed by atoms with E-state index in [4.69, 9.17) is 4.74 Å². The van der Waals surface area contributed by atoms with Gasteiger partial charge in [0.1, 0.15) is 6.20 Å². The van der Waals surface area contributed by atoms with Crippen LogP contribution in [0.5, 0.6) is 0 Å². The molecule has 0 aliphatic carbocycles. The van der Waals surface area contributed by atoms with Gasteiger partial charge in [0.05, 0.1) is 6.61 Å². The minimum absolute atomic E-state index is 0.237. The van der Waals surface area contributed by atoms with Crippen LogP contribution in [0.2, 0.25) is 0 Å². The zero-order valence-electron chi connectivity index (χ0n) is 12.4. The SMILES string of the molecule is CCOC(=O)C(c1ccccc1)n1cc([N+](=O)[O-])nc1CC. The summed E-state index contributed by atoms with van der Waals surface area (Å²) in [7, 11) is 0. The molecule has 116 valence electrons. The number of aryl methyl sites for hydroxylation is 1. The molecule has 22 heavy (non-hydrogen) atoms. The van der Waals surface area contributed by atoms with Crippen LogP contribution in [0.1, 0.15) is 31.3 Å². The first kappa shape index (κ1) is 15.7. The first-order chi connectivity index (χ1) is 10.6. The van der Waals surface area contributed by atoms with Crippen LogP contribution < -0.4 is 0 Å². The van der Waals surface area contributed by atoms with Gasteiger partial charge in [-0.15, -0.1) is 0 Å². The number of benzene rings is 1. The third kappa shape index (κ3) is 3.13. The predicted molar refractivity (Wildman–Crippen MR) is 79.5 cm³/mol. The number of hydrogen-bond donors (Lipinski definition) is 0. The second kappa shape index (κ2) is 6.84. The smallest absolute Gasteiger partial charge is 0.381 e. The van der Waals surface area contributed by atoms with Crippen LogP contribution in [0.3, 0.4) is 0 Å². The Morgan fingerprint density at radius 1 is 1.36 bits per heavy atom. The van der Waals surface area contributed by atoms with Crippen LogP contribution >= 0.6 is 0 Å². The van der Waals surface area contributed by atoms with Crippen LogP contribution in [-0.4, -0.2) is 27.1 Å². The molecular weight excluding hydrogens is 286 g/mol. The maximum atomic E-state index is 12.4. The Balaban J connectivity index is 2.54. The second-order valence-electron chi connectivity index (χ2n) is 4.60. The molecule has 1 heterocycles. The van der Waals surface area contributed by atoms with Crippen molar-refractivity contribution in [2.24, 2.45) is 0 Å². The number of nitrogens with zero attached hydrogens (tertiary/aromatic N) is 3. The van der Waals surface area contributed by atoms with Crippen molar-refractivity contribution in [3.05, 3.63) is 58.0 Å². The number of hydrogen-bond acceptors (Lipinski definition) is 5. The maximum absolute atomic E-state index is 12.4. The van der Waals surface area contributed by atoms with Crippen molar-refractivity contribution < 1.29 is 14.5 Å². The lowest BCUT2D eigenvalue weighted by Crippen LogP contribution is -2.24. The molecular formula is C15H17N3O4. The van der Waals surface area contributed by atoms with Gasteiger partial charge in [0, 0.05) is 6.42 Å². The van der Waals surface area contributed by atoms with Gasteiger partial charge in [0.2, 0.25) is 5.82 Å². The Kier molecular flexibility index (Phi) is 4.88.